The number of nitrogens with zero attached hydrogens (tertiary/aromatic N) is 5. The van der Waals surface area contributed by atoms with Crippen LogP contribution in [0, 0.1) is 0 Å². The molecule has 5 aromatic rings. The van der Waals surface area contributed by atoms with Crippen molar-refractivity contribution in [3.8, 4) is 22.5 Å². The second kappa shape index (κ2) is 7.14. The fourth-order valence-corrected chi connectivity index (χ4v) is 5.08. The normalized spacial score (nSPS) is 19.4. The first kappa shape index (κ1) is 18.5. The van der Waals surface area contributed by atoms with Crippen molar-refractivity contribution in [1.82, 2.24) is 24.4 Å². The zero-order chi connectivity index (χ0) is 20.9. The molecule has 8 nitrogen and oxygen atoms in total. The average Bonchev–Trinajstić information content (AvgIpc) is 3.53. The Balaban J connectivity index is 1.44. The predicted octanol–water partition coefficient (Wildman–Crippen LogP) is 4.42. The van der Waals surface area contributed by atoms with E-state index in [0.717, 1.165) is 58.0 Å². The minimum absolute atomic E-state index is 0.185. The van der Waals surface area contributed by atoms with Gasteiger partial charge in [0.1, 0.15) is 11.3 Å². The van der Waals surface area contributed by atoms with Crippen LogP contribution >= 0.6 is 11.5 Å². The summed E-state index contributed by atoms with van der Waals surface area (Å²) in [6.07, 6.45) is 8.99. The second-order valence-electron chi connectivity index (χ2n) is 8.01. The van der Waals surface area contributed by atoms with Crippen LogP contribution in [0.15, 0.2) is 47.3 Å². The molecule has 0 radical (unpaired) electrons. The van der Waals surface area contributed by atoms with Crippen LogP contribution in [0.4, 0.5) is 5.82 Å². The first-order valence-electron chi connectivity index (χ1n) is 10.3. The molecule has 1 aliphatic rings. The zero-order valence-electron chi connectivity index (χ0n) is 16.6. The van der Waals surface area contributed by atoms with Crippen LogP contribution in [-0.2, 0) is 0 Å². The molecule has 0 amide bonds. The monoisotopic (exact) mass is 432 g/mol. The quantitative estimate of drug-likeness (QED) is 0.433. The summed E-state index contributed by atoms with van der Waals surface area (Å²) in [6.45, 7) is 0. The number of aliphatic hydroxyl groups is 1. The van der Waals surface area contributed by atoms with Crippen molar-refractivity contribution in [2.75, 3.05) is 5.73 Å². The molecule has 0 aliphatic heterocycles. The minimum Gasteiger partial charge on any atom is -0.452 e. The van der Waals surface area contributed by atoms with Gasteiger partial charge in [-0.3, -0.25) is 4.68 Å². The van der Waals surface area contributed by atoms with E-state index >= 15 is 0 Å². The Morgan fingerprint density at radius 1 is 1.13 bits per heavy atom. The molecule has 4 heterocycles. The van der Waals surface area contributed by atoms with Crippen LogP contribution in [0.2, 0.25) is 0 Å². The van der Waals surface area contributed by atoms with E-state index in [1.807, 2.05) is 35.1 Å². The number of hydrogen-bond acceptors (Lipinski definition) is 8. The summed E-state index contributed by atoms with van der Waals surface area (Å²) in [6, 6.07) is 8.19. The van der Waals surface area contributed by atoms with Gasteiger partial charge in [0.05, 0.1) is 23.0 Å². The zero-order valence-corrected chi connectivity index (χ0v) is 17.4. The van der Waals surface area contributed by atoms with E-state index in [-0.39, 0.29) is 6.10 Å². The van der Waals surface area contributed by atoms with Crippen molar-refractivity contribution >= 4 is 38.5 Å². The Bertz CT molecular complexity index is 1400. The Morgan fingerprint density at radius 3 is 2.87 bits per heavy atom. The summed E-state index contributed by atoms with van der Waals surface area (Å²) in [4.78, 5) is 4.37. The smallest absolute Gasteiger partial charge is 0.177 e. The van der Waals surface area contributed by atoms with Crippen LogP contribution in [-0.4, -0.2) is 35.6 Å². The van der Waals surface area contributed by atoms with Crippen LogP contribution in [0.1, 0.15) is 31.7 Å². The largest absolute Gasteiger partial charge is 0.452 e. The summed E-state index contributed by atoms with van der Waals surface area (Å²) >= 11 is 1.34. The number of aromatic nitrogens is 5. The highest BCUT2D eigenvalue weighted by atomic mass is 32.1. The molecular weight excluding hydrogens is 412 g/mol. The van der Waals surface area contributed by atoms with E-state index in [1.54, 1.807) is 6.20 Å². The predicted molar refractivity (Wildman–Crippen MR) is 120 cm³/mol. The molecule has 1 aliphatic carbocycles. The lowest BCUT2D eigenvalue weighted by Gasteiger charge is -2.25. The van der Waals surface area contributed by atoms with Gasteiger partial charge in [0.25, 0.3) is 0 Å². The van der Waals surface area contributed by atoms with Gasteiger partial charge in [-0.15, -0.1) is 5.10 Å². The van der Waals surface area contributed by atoms with Gasteiger partial charge in [0, 0.05) is 34.5 Å². The van der Waals surface area contributed by atoms with Crippen LogP contribution < -0.4 is 5.73 Å². The number of pyridine rings is 1. The van der Waals surface area contributed by atoms with Gasteiger partial charge >= 0.3 is 0 Å². The van der Waals surface area contributed by atoms with E-state index in [0.29, 0.717) is 23.2 Å². The number of aliphatic hydroxyl groups excluding tert-OH is 1. The molecule has 4 aromatic heterocycles. The van der Waals surface area contributed by atoms with E-state index in [4.69, 9.17) is 10.2 Å². The minimum atomic E-state index is -0.185. The Hall–Kier alpha value is -3.30. The van der Waals surface area contributed by atoms with Crippen molar-refractivity contribution in [3.63, 3.8) is 0 Å². The molecule has 1 aromatic carbocycles. The maximum Gasteiger partial charge on any atom is 0.177 e. The topological polar surface area (TPSA) is 116 Å². The van der Waals surface area contributed by atoms with Crippen molar-refractivity contribution in [2.45, 2.75) is 37.8 Å². The number of nitrogens with two attached hydrogens (primary N) is 1. The molecule has 9 heteroatoms. The van der Waals surface area contributed by atoms with Crippen molar-refractivity contribution < 1.29 is 9.52 Å². The molecule has 0 spiro atoms. The Labute approximate surface area is 181 Å². The number of furan rings is 1. The van der Waals surface area contributed by atoms with Crippen molar-refractivity contribution in [2.24, 2.45) is 0 Å². The maximum atomic E-state index is 9.78. The lowest BCUT2D eigenvalue weighted by atomic mass is 9.93. The van der Waals surface area contributed by atoms with Crippen LogP contribution in [0.3, 0.4) is 0 Å². The van der Waals surface area contributed by atoms with E-state index in [1.165, 1.54) is 11.5 Å². The van der Waals surface area contributed by atoms with Crippen molar-refractivity contribution in [3.05, 3.63) is 42.9 Å². The average molecular weight is 433 g/mol. The van der Waals surface area contributed by atoms with Gasteiger partial charge in [0.15, 0.2) is 11.4 Å². The highest BCUT2D eigenvalue weighted by Gasteiger charge is 2.22. The summed E-state index contributed by atoms with van der Waals surface area (Å²) in [5, 5.41) is 19.4. The van der Waals surface area contributed by atoms with Gasteiger partial charge in [-0.1, -0.05) is 10.6 Å². The first-order valence-corrected chi connectivity index (χ1v) is 11.1. The first-order chi connectivity index (χ1) is 15.2. The summed E-state index contributed by atoms with van der Waals surface area (Å²) in [5.41, 5.74) is 10.4. The third kappa shape index (κ3) is 3.08. The van der Waals surface area contributed by atoms with Crippen molar-refractivity contribution in [1.29, 1.82) is 0 Å². The molecule has 1 saturated carbocycles. The number of nitrogen functional groups attached to an aromatic ring is 1. The van der Waals surface area contributed by atoms with Gasteiger partial charge in [0.2, 0.25) is 0 Å². The van der Waals surface area contributed by atoms with Crippen LogP contribution in [0.25, 0.3) is 43.6 Å². The summed E-state index contributed by atoms with van der Waals surface area (Å²) in [5.74, 6) is 1.06. The Kier molecular flexibility index (Phi) is 4.25. The number of fused-ring (bicyclic) bond motifs is 2. The van der Waals surface area contributed by atoms with Gasteiger partial charge in [-0.2, -0.15) is 5.10 Å². The highest BCUT2D eigenvalue weighted by Crippen LogP contribution is 2.39. The summed E-state index contributed by atoms with van der Waals surface area (Å²) in [7, 11) is 0. The van der Waals surface area contributed by atoms with E-state index < -0.39 is 0 Å². The molecule has 6 rings (SSSR count). The van der Waals surface area contributed by atoms with E-state index in [9.17, 15) is 5.11 Å². The number of anilines is 1. The fourth-order valence-electron chi connectivity index (χ4n) is 4.40. The number of rotatable bonds is 3. The molecule has 1 fully saturated rings. The molecule has 31 heavy (non-hydrogen) atoms. The fraction of sp³-hybridized carbons (Fsp3) is 0.273. The molecular formula is C22H20N6O2S. The third-order valence-corrected chi connectivity index (χ3v) is 6.86. The molecule has 156 valence electrons. The van der Waals surface area contributed by atoms with Gasteiger partial charge in [-0.25, -0.2) is 4.98 Å². The molecule has 0 unspecified atom stereocenters. The molecule has 0 atom stereocenters. The maximum absolute atomic E-state index is 9.78. The van der Waals surface area contributed by atoms with E-state index in [2.05, 4.69) is 25.9 Å². The summed E-state index contributed by atoms with van der Waals surface area (Å²) < 4.78 is 13.2. The molecule has 0 bridgehead atoms. The SMILES string of the molecule is Nc1ncc(-c2cnn(C3CCC(O)CC3)c2)c2cc(-c3cccc4nnsc34)oc12. The van der Waals surface area contributed by atoms with Gasteiger partial charge < -0.3 is 15.3 Å². The van der Waals surface area contributed by atoms with Gasteiger partial charge in [-0.05, 0) is 55.4 Å². The number of hydrogen-bond donors (Lipinski definition) is 2. The third-order valence-electron chi connectivity index (χ3n) is 6.08. The Morgan fingerprint density at radius 2 is 2.00 bits per heavy atom. The second-order valence-corrected chi connectivity index (χ2v) is 8.76. The highest BCUT2D eigenvalue weighted by molar-refractivity contribution is 7.13. The molecule has 0 saturated heterocycles. The lowest BCUT2D eigenvalue weighted by Crippen LogP contribution is -2.21. The molecule has 3 N–H and O–H groups in total. The lowest BCUT2D eigenvalue weighted by molar-refractivity contribution is 0.108. The standard InChI is InChI=1S/C22H20N6O2S/c23-22-20-16(8-19(30-20)15-2-1-3-18-21(15)31-27-26-18)17(10-24-22)12-9-25-28(11-12)13-4-6-14(29)7-5-13/h1-3,8-11,13-14,29H,4-7H2,(H2,23,24). The van der Waals surface area contributed by atoms with Crippen LogP contribution in [0.5, 0.6) is 0 Å². The number of benzene rings is 1.